The third-order valence-electron chi connectivity index (χ3n) is 6.38. The van der Waals surface area contributed by atoms with Crippen LogP contribution in [-0.2, 0) is 12.8 Å². The predicted octanol–water partition coefficient (Wildman–Crippen LogP) is 2.98. The van der Waals surface area contributed by atoms with Gasteiger partial charge in [0.05, 0.1) is 17.4 Å². The first-order chi connectivity index (χ1) is 16.4. The molecule has 1 fully saturated rings. The normalized spacial score (nSPS) is 15.8. The van der Waals surface area contributed by atoms with Gasteiger partial charge in [-0.3, -0.25) is 4.79 Å². The number of nitrogens with one attached hydrogen (secondary N) is 1. The van der Waals surface area contributed by atoms with Crippen LogP contribution in [0.1, 0.15) is 53.2 Å². The van der Waals surface area contributed by atoms with E-state index < -0.39 is 5.91 Å². The molecule has 7 heteroatoms. The van der Waals surface area contributed by atoms with E-state index in [0.29, 0.717) is 31.2 Å². The quantitative estimate of drug-likeness (QED) is 0.392. The second-order valence-electron chi connectivity index (χ2n) is 9.50. The Morgan fingerprint density at radius 3 is 2.82 bits per heavy atom. The first kappa shape index (κ1) is 24.4. The van der Waals surface area contributed by atoms with Crippen LogP contribution in [0.2, 0.25) is 0 Å². The van der Waals surface area contributed by atoms with Crippen LogP contribution in [0.3, 0.4) is 0 Å². The molecule has 0 spiro atoms. The lowest BCUT2D eigenvalue weighted by atomic mass is 9.98. The van der Waals surface area contributed by atoms with Crippen LogP contribution in [0.4, 0.5) is 5.69 Å². The summed E-state index contributed by atoms with van der Waals surface area (Å²) >= 11 is 0. The standard InChI is InChI=1S/C27H37N3O4/c1-18-4-7-24(25(14-18)34-22-5-6-22)33-13-9-29-19(2)15-20-16-21-8-11-30(10-3-12-31)26(21)23(17-20)27(28)32/h4,7,14,16-17,19,22,29,31H,3,5-6,8-13,15H2,1-2H3,(H2,28,32)/t19-/m1/s1. The van der Waals surface area contributed by atoms with Crippen LogP contribution in [0.15, 0.2) is 30.3 Å². The number of ether oxygens (including phenoxy) is 2. The highest BCUT2D eigenvalue weighted by Crippen LogP contribution is 2.35. The Kier molecular flexibility index (Phi) is 7.95. The molecule has 0 saturated heterocycles. The lowest BCUT2D eigenvalue weighted by molar-refractivity contribution is 0.100. The molecule has 1 atom stereocenters. The number of fused-ring (bicyclic) bond motifs is 1. The molecule has 1 heterocycles. The van der Waals surface area contributed by atoms with Crippen molar-refractivity contribution in [3.05, 3.63) is 52.6 Å². The molecule has 1 amide bonds. The lowest BCUT2D eigenvalue weighted by Crippen LogP contribution is -2.32. The monoisotopic (exact) mass is 467 g/mol. The highest BCUT2D eigenvalue weighted by molar-refractivity contribution is 6.00. The zero-order valence-electron chi connectivity index (χ0n) is 20.3. The Labute approximate surface area is 202 Å². The van der Waals surface area contributed by atoms with Crippen molar-refractivity contribution in [1.82, 2.24) is 5.32 Å². The Balaban J connectivity index is 1.31. The van der Waals surface area contributed by atoms with Crippen LogP contribution in [-0.4, -0.2) is 56.0 Å². The summed E-state index contributed by atoms with van der Waals surface area (Å²) in [6.07, 6.45) is 4.94. The third-order valence-corrected chi connectivity index (χ3v) is 6.38. The number of nitrogens with zero attached hydrogens (tertiary/aromatic N) is 1. The lowest BCUT2D eigenvalue weighted by Gasteiger charge is -2.22. The van der Waals surface area contributed by atoms with E-state index in [4.69, 9.17) is 15.2 Å². The van der Waals surface area contributed by atoms with Crippen molar-refractivity contribution in [2.24, 2.45) is 5.73 Å². The molecule has 2 aliphatic rings. The fourth-order valence-electron chi connectivity index (χ4n) is 4.57. The molecule has 0 aromatic heterocycles. The van der Waals surface area contributed by atoms with Crippen molar-refractivity contribution >= 4 is 11.6 Å². The van der Waals surface area contributed by atoms with Gasteiger partial charge in [0.25, 0.3) is 5.91 Å². The summed E-state index contributed by atoms with van der Waals surface area (Å²) in [6, 6.07) is 10.4. The molecule has 0 radical (unpaired) electrons. The molecule has 184 valence electrons. The number of hydrogen-bond acceptors (Lipinski definition) is 6. The Hall–Kier alpha value is -2.77. The minimum Gasteiger partial charge on any atom is -0.488 e. The number of primary amides is 1. The van der Waals surface area contributed by atoms with E-state index in [2.05, 4.69) is 30.1 Å². The summed E-state index contributed by atoms with van der Waals surface area (Å²) in [5, 5.41) is 12.7. The van der Waals surface area contributed by atoms with Crippen molar-refractivity contribution in [3.8, 4) is 11.5 Å². The Morgan fingerprint density at radius 1 is 1.26 bits per heavy atom. The molecule has 2 aromatic rings. The van der Waals surface area contributed by atoms with E-state index in [1.807, 2.05) is 24.3 Å². The summed E-state index contributed by atoms with van der Waals surface area (Å²) in [5.74, 6) is 1.23. The number of carbonyl (C=O) groups is 1. The van der Waals surface area contributed by atoms with E-state index in [1.54, 1.807) is 0 Å². The Bertz CT molecular complexity index is 1010. The minimum atomic E-state index is -0.398. The average molecular weight is 468 g/mol. The molecule has 0 bridgehead atoms. The van der Waals surface area contributed by atoms with Crippen LogP contribution < -0.4 is 25.4 Å². The second kappa shape index (κ2) is 11.1. The van der Waals surface area contributed by atoms with Gasteiger partial charge in [-0.15, -0.1) is 0 Å². The number of amides is 1. The molecule has 1 saturated carbocycles. The number of nitrogens with two attached hydrogens (primary N) is 1. The van der Waals surface area contributed by atoms with Crippen LogP contribution in [0, 0.1) is 6.92 Å². The maximum atomic E-state index is 12.2. The zero-order chi connectivity index (χ0) is 24.1. The first-order valence-corrected chi connectivity index (χ1v) is 12.4. The van der Waals surface area contributed by atoms with Crippen LogP contribution in [0.5, 0.6) is 11.5 Å². The number of aryl methyl sites for hydroxylation is 1. The zero-order valence-corrected chi connectivity index (χ0v) is 20.3. The third kappa shape index (κ3) is 6.21. The van der Waals surface area contributed by atoms with Gasteiger partial charge < -0.3 is 30.5 Å². The maximum absolute atomic E-state index is 12.2. The van der Waals surface area contributed by atoms with Crippen molar-refractivity contribution in [2.45, 2.75) is 58.1 Å². The predicted molar refractivity (Wildman–Crippen MR) is 134 cm³/mol. The number of aliphatic hydroxyl groups excluding tert-OH is 1. The van der Waals surface area contributed by atoms with E-state index in [9.17, 15) is 9.90 Å². The maximum Gasteiger partial charge on any atom is 0.250 e. The van der Waals surface area contributed by atoms with E-state index in [1.165, 1.54) is 5.56 Å². The van der Waals surface area contributed by atoms with E-state index >= 15 is 0 Å². The highest BCUT2D eigenvalue weighted by Gasteiger charge is 2.26. The first-order valence-electron chi connectivity index (χ1n) is 12.4. The minimum absolute atomic E-state index is 0.140. The summed E-state index contributed by atoms with van der Waals surface area (Å²) in [5.41, 5.74) is 10.7. The molecular weight excluding hydrogens is 430 g/mol. The molecule has 4 N–H and O–H groups in total. The smallest absolute Gasteiger partial charge is 0.250 e. The van der Waals surface area contributed by atoms with Crippen molar-refractivity contribution in [1.29, 1.82) is 0 Å². The molecule has 1 aliphatic carbocycles. The number of hydrogen-bond donors (Lipinski definition) is 3. The van der Waals surface area contributed by atoms with Gasteiger partial charge in [0, 0.05) is 32.3 Å². The SMILES string of the molecule is Cc1ccc(OCCN[C@H](C)Cc2cc3c(c(C(N)=O)c2)N(CCCO)CC3)c(OC2CC2)c1. The van der Waals surface area contributed by atoms with Crippen molar-refractivity contribution in [3.63, 3.8) is 0 Å². The topological polar surface area (TPSA) is 97.0 Å². The average Bonchev–Trinajstić information content (AvgIpc) is 3.53. The summed E-state index contributed by atoms with van der Waals surface area (Å²) < 4.78 is 12.0. The highest BCUT2D eigenvalue weighted by atomic mass is 16.5. The largest absolute Gasteiger partial charge is 0.488 e. The number of rotatable bonds is 13. The molecule has 0 unspecified atom stereocenters. The molecule has 4 rings (SSSR count). The van der Waals surface area contributed by atoms with Gasteiger partial charge in [-0.05, 0) is 80.8 Å². The van der Waals surface area contributed by atoms with Gasteiger partial charge in [-0.25, -0.2) is 0 Å². The fourth-order valence-corrected chi connectivity index (χ4v) is 4.57. The van der Waals surface area contributed by atoms with E-state index in [-0.39, 0.29) is 12.6 Å². The molecule has 2 aromatic carbocycles. The van der Waals surface area contributed by atoms with Gasteiger partial charge in [0.2, 0.25) is 0 Å². The van der Waals surface area contributed by atoms with Gasteiger partial charge in [0.15, 0.2) is 11.5 Å². The van der Waals surface area contributed by atoms with Crippen molar-refractivity contribution in [2.75, 3.05) is 37.7 Å². The summed E-state index contributed by atoms with van der Waals surface area (Å²) in [7, 11) is 0. The molecule has 1 aliphatic heterocycles. The van der Waals surface area contributed by atoms with Crippen LogP contribution in [0.25, 0.3) is 0 Å². The van der Waals surface area contributed by atoms with Gasteiger partial charge in [0.1, 0.15) is 6.61 Å². The Morgan fingerprint density at radius 2 is 2.09 bits per heavy atom. The van der Waals surface area contributed by atoms with Gasteiger partial charge in [-0.2, -0.15) is 0 Å². The number of carbonyl (C=O) groups excluding carboxylic acids is 1. The van der Waals surface area contributed by atoms with Gasteiger partial charge in [-0.1, -0.05) is 12.1 Å². The fraction of sp³-hybridized carbons (Fsp3) is 0.519. The van der Waals surface area contributed by atoms with E-state index in [0.717, 1.165) is 67.1 Å². The number of anilines is 1. The van der Waals surface area contributed by atoms with Crippen LogP contribution >= 0.6 is 0 Å². The second-order valence-corrected chi connectivity index (χ2v) is 9.50. The number of benzene rings is 2. The van der Waals surface area contributed by atoms with Crippen molar-refractivity contribution < 1.29 is 19.4 Å². The van der Waals surface area contributed by atoms with Gasteiger partial charge >= 0.3 is 0 Å². The molecule has 34 heavy (non-hydrogen) atoms. The molecular formula is C27H37N3O4. The summed E-state index contributed by atoms with van der Waals surface area (Å²) in [6.45, 7) is 7.18. The summed E-state index contributed by atoms with van der Waals surface area (Å²) in [4.78, 5) is 14.4. The number of aliphatic hydroxyl groups is 1. The molecule has 7 nitrogen and oxygen atoms in total.